The molecule has 0 radical (unpaired) electrons. The Labute approximate surface area is 127 Å². The molecule has 4 nitrogen and oxygen atoms in total. The minimum Gasteiger partial charge on any atom is -0.481 e. The number of amides is 1. The SMILES string of the molecule is CCN(CC)C(=O)C(C)Oc1ccccc1CNC1CC1. The zero-order chi connectivity index (χ0) is 15.2. The van der Waals surface area contributed by atoms with Gasteiger partial charge in [-0.3, -0.25) is 4.79 Å². The van der Waals surface area contributed by atoms with Crippen LogP contribution in [-0.2, 0) is 11.3 Å². The van der Waals surface area contributed by atoms with Gasteiger partial charge in [0, 0.05) is 31.2 Å². The summed E-state index contributed by atoms with van der Waals surface area (Å²) < 4.78 is 5.91. The first kappa shape index (κ1) is 15.8. The molecule has 1 amide bonds. The van der Waals surface area contributed by atoms with Gasteiger partial charge in [0.1, 0.15) is 5.75 Å². The van der Waals surface area contributed by atoms with Crippen LogP contribution in [0.25, 0.3) is 0 Å². The number of hydrogen-bond donors (Lipinski definition) is 1. The van der Waals surface area contributed by atoms with Crippen LogP contribution in [0.1, 0.15) is 39.2 Å². The van der Waals surface area contributed by atoms with E-state index in [1.807, 2.05) is 39.0 Å². The van der Waals surface area contributed by atoms with Crippen LogP contribution in [0.3, 0.4) is 0 Å². The number of nitrogens with zero attached hydrogens (tertiary/aromatic N) is 1. The van der Waals surface area contributed by atoms with Crippen molar-refractivity contribution in [3.63, 3.8) is 0 Å². The minimum atomic E-state index is -0.452. The van der Waals surface area contributed by atoms with Gasteiger partial charge in [-0.25, -0.2) is 0 Å². The van der Waals surface area contributed by atoms with Crippen molar-refractivity contribution in [1.29, 1.82) is 0 Å². The molecule has 2 rings (SSSR count). The van der Waals surface area contributed by atoms with E-state index in [4.69, 9.17) is 4.74 Å². The number of likely N-dealkylation sites (N-methyl/N-ethyl adjacent to an activating group) is 1. The third-order valence-corrected chi connectivity index (χ3v) is 3.86. The van der Waals surface area contributed by atoms with Crippen molar-refractivity contribution >= 4 is 5.91 Å². The maximum Gasteiger partial charge on any atom is 0.263 e. The van der Waals surface area contributed by atoms with Gasteiger partial charge in [0.25, 0.3) is 5.91 Å². The van der Waals surface area contributed by atoms with Crippen LogP contribution in [0, 0.1) is 0 Å². The molecule has 1 aromatic rings. The lowest BCUT2D eigenvalue weighted by molar-refractivity contribution is -0.137. The smallest absolute Gasteiger partial charge is 0.263 e. The monoisotopic (exact) mass is 290 g/mol. The fourth-order valence-electron chi connectivity index (χ4n) is 2.34. The van der Waals surface area contributed by atoms with Crippen molar-refractivity contribution in [3.05, 3.63) is 29.8 Å². The maximum atomic E-state index is 12.3. The molecule has 1 atom stereocenters. The first-order valence-electron chi connectivity index (χ1n) is 7.92. The van der Waals surface area contributed by atoms with Crippen LogP contribution >= 0.6 is 0 Å². The standard InChI is InChI=1S/C17H26N2O2/c1-4-19(5-2)17(20)13(3)21-16-9-7-6-8-14(16)12-18-15-10-11-15/h6-9,13,15,18H,4-5,10-12H2,1-3H3. The van der Waals surface area contributed by atoms with E-state index in [1.165, 1.54) is 12.8 Å². The van der Waals surface area contributed by atoms with E-state index in [0.29, 0.717) is 19.1 Å². The lowest BCUT2D eigenvalue weighted by Crippen LogP contribution is -2.40. The maximum absolute atomic E-state index is 12.3. The van der Waals surface area contributed by atoms with Crippen LogP contribution in [0.4, 0.5) is 0 Å². The topological polar surface area (TPSA) is 41.6 Å². The Morgan fingerprint density at radius 2 is 2.00 bits per heavy atom. The van der Waals surface area contributed by atoms with Crippen molar-refractivity contribution < 1.29 is 9.53 Å². The molecule has 21 heavy (non-hydrogen) atoms. The highest BCUT2D eigenvalue weighted by Gasteiger charge is 2.22. The number of ether oxygens (including phenoxy) is 1. The summed E-state index contributed by atoms with van der Waals surface area (Å²) in [6, 6.07) is 8.61. The van der Waals surface area contributed by atoms with E-state index in [2.05, 4.69) is 11.4 Å². The molecule has 1 fully saturated rings. The van der Waals surface area contributed by atoms with Gasteiger partial charge in [0.15, 0.2) is 6.10 Å². The van der Waals surface area contributed by atoms with Crippen molar-refractivity contribution in [3.8, 4) is 5.75 Å². The second kappa shape index (κ2) is 7.46. The van der Waals surface area contributed by atoms with Gasteiger partial charge in [-0.2, -0.15) is 0 Å². The van der Waals surface area contributed by atoms with Gasteiger partial charge in [0.2, 0.25) is 0 Å². The number of rotatable bonds is 8. The van der Waals surface area contributed by atoms with E-state index in [0.717, 1.165) is 17.9 Å². The Hall–Kier alpha value is -1.55. The lowest BCUT2D eigenvalue weighted by atomic mass is 10.2. The van der Waals surface area contributed by atoms with E-state index in [1.54, 1.807) is 4.90 Å². The van der Waals surface area contributed by atoms with Crippen LogP contribution in [0.5, 0.6) is 5.75 Å². The highest BCUT2D eigenvalue weighted by atomic mass is 16.5. The molecule has 4 heteroatoms. The average Bonchev–Trinajstić information content (AvgIpc) is 3.31. The Morgan fingerprint density at radius 3 is 2.62 bits per heavy atom. The summed E-state index contributed by atoms with van der Waals surface area (Å²) in [6.07, 6.45) is 2.08. The van der Waals surface area contributed by atoms with Gasteiger partial charge in [-0.15, -0.1) is 0 Å². The summed E-state index contributed by atoms with van der Waals surface area (Å²) in [5.74, 6) is 0.851. The fourth-order valence-corrected chi connectivity index (χ4v) is 2.34. The molecule has 0 heterocycles. The van der Waals surface area contributed by atoms with E-state index < -0.39 is 6.10 Å². The first-order valence-corrected chi connectivity index (χ1v) is 7.92. The Kier molecular flexibility index (Phi) is 5.62. The van der Waals surface area contributed by atoms with Crippen molar-refractivity contribution in [2.45, 2.75) is 52.3 Å². The molecule has 116 valence electrons. The summed E-state index contributed by atoms with van der Waals surface area (Å²) in [5.41, 5.74) is 1.11. The molecule has 1 aliphatic carbocycles. The predicted octanol–water partition coefficient (Wildman–Crippen LogP) is 2.57. The number of para-hydroxylation sites is 1. The van der Waals surface area contributed by atoms with Gasteiger partial charge < -0.3 is 15.0 Å². The van der Waals surface area contributed by atoms with E-state index in [-0.39, 0.29) is 5.91 Å². The third-order valence-electron chi connectivity index (χ3n) is 3.86. The molecule has 0 bridgehead atoms. The molecule has 0 saturated heterocycles. The van der Waals surface area contributed by atoms with Crippen molar-refractivity contribution in [2.75, 3.05) is 13.1 Å². The van der Waals surface area contributed by atoms with Crippen LogP contribution < -0.4 is 10.1 Å². The zero-order valence-electron chi connectivity index (χ0n) is 13.3. The van der Waals surface area contributed by atoms with E-state index in [9.17, 15) is 4.79 Å². The Balaban J connectivity index is 1.98. The highest BCUT2D eigenvalue weighted by molar-refractivity contribution is 5.80. The molecule has 1 N–H and O–H groups in total. The first-order chi connectivity index (χ1) is 10.2. The minimum absolute atomic E-state index is 0.0463. The van der Waals surface area contributed by atoms with Crippen LogP contribution in [0.2, 0.25) is 0 Å². The quantitative estimate of drug-likeness (QED) is 0.800. The largest absolute Gasteiger partial charge is 0.481 e. The molecule has 1 aromatic carbocycles. The molecular formula is C17H26N2O2. The molecular weight excluding hydrogens is 264 g/mol. The highest BCUT2D eigenvalue weighted by Crippen LogP contribution is 2.23. The summed E-state index contributed by atoms with van der Waals surface area (Å²) in [4.78, 5) is 14.1. The normalized spacial score (nSPS) is 15.6. The van der Waals surface area contributed by atoms with Gasteiger partial charge in [0.05, 0.1) is 0 Å². The number of carbonyl (C=O) groups is 1. The number of nitrogens with one attached hydrogen (secondary N) is 1. The Bertz CT molecular complexity index is 468. The van der Waals surface area contributed by atoms with Crippen molar-refractivity contribution in [1.82, 2.24) is 10.2 Å². The molecule has 0 aromatic heterocycles. The molecule has 1 aliphatic rings. The van der Waals surface area contributed by atoms with Crippen LogP contribution in [0.15, 0.2) is 24.3 Å². The average molecular weight is 290 g/mol. The summed E-state index contributed by atoms with van der Waals surface area (Å²) in [7, 11) is 0. The molecule has 1 unspecified atom stereocenters. The predicted molar refractivity (Wildman–Crippen MR) is 84.3 cm³/mol. The van der Waals surface area contributed by atoms with Gasteiger partial charge in [-0.05, 0) is 39.7 Å². The molecule has 0 aliphatic heterocycles. The second-order valence-electron chi connectivity index (χ2n) is 5.53. The Morgan fingerprint density at radius 1 is 1.33 bits per heavy atom. The summed E-state index contributed by atoms with van der Waals surface area (Å²) in [6.45, 7) is 8.03. The zero-order valence-corrected chi connectivity index (χ0v) is 13.3. The number of benzene rings is 1. The lowest BCUT2D eigenvalue weighted by Gasteiger charge is -2.24. The second-order valence-corrected chi connectivity index (χ2v) is 5.53. The number of carbonyl (C=O) groups excluding carboxylic acids is 1. The van der Waals surface area contributed by atoms with Crippen molar-refractivity contribution in [2.24, 2.45) is 0 Å². The molecule has 0 spiro atoms. The third kappa shape index (κ3) is 4.46. The number of hydrogen-bond acceptors (Lipinski definition) is 3. The van der Waals surface area contributed by atoms with Gasteiger partial charge in [-0.1, -0.05) is 18.2 Å². The molecule has 1 saturated carbocycles. The van der Waals surface area contributed by atoms with E-state index >= 15 is 0 Å². The van der Waals surface area contributed by atoms with Gasteiger partial charge >= 0.3 is 0 Å². The fraction of sp³-hybridized carbons (Fsp3) is 0.588. The summed E-state index contributed by atoms with van der Waals surface area (Å²) in [5, 5.41) is 3.49. The summed E-state index contributed by atoms with van der Waals surface area (Å²) >= 11 is 0. The van der Waals surface area contributed by atoms with Crippen LogP contribution in [-0.4, -0.2) is 36.0 Å².